The number of sulfonamides is 1. The lowest BCUT2D eigenvalue weighted by Crippen LogP contribution is -2.41. The molecule has 9 nitrogen and oxygen atoms in total. The zero-order valence-electron chi connectivity index (χ0n) is 9.41. The fourth-order valence-corrected chi connectivity index (χ4v) is 2.23. The van der Waals surface area contributed by atoms with Crippen LogP contribution in [-0.2, 0) is 14.8 Å². The SMILES string of the molecule is COC(=O)NNS(=O)(=O)c1ccc(Cl)cc1[N+](=O)[O-]. The predicted octanol–water partition coefficient (Wildman–Crippen LogP) is 0.797. The van der Waals surface area contributed by atoms with Crippen molar-refractivity contribution in [3.8, 4) is 0 Å². The molecule has 104 valence electrons. The summed E-state index contributed by atoms with van der Waals surface area (Å²) in [4.78, 5) is 21.6. The summed E-state index contributed by atoms with van der Waals surface area (Å²) in [5.41, 5.74) is 0.981. The number of halogens is 1. The first-order valence-electron chi connectivity index (χ1n) is 4.57. The van der Waals surface area contributed by atoms with Crippen molar-refractivity contribution in [1.29, 1.82) is 0 Å². The number of hydrogen-bond donors (Lipinski definition) is 2. The molecule has 0 heterocycles. The summed E-state index contributed by atoms with van der Waals surface area (Å²) in [5, 5.41) is 10.8. The van der Waals surface area contributed by atoms with Crippen molar-refractivity contribution in [3.63, 3.8) is 0 Å². The van der Waals surface area contributed by atoms with E-state index in [0.29, 0.717) is 0 Å². The largest absolute Gasteiger partial charge is 0.452 e. The molecule has 0 aliphatic heterocycles. The Morgan fingerprint density at radius 3 is 2.63 bits per heavy atom. The van der Waals surface area contributed by atoms with E-state index < -0.39 is 31.6 Å². The van der Waals surface area contributed by atoms with E-state index in [-0.39, 0.29) is 5.02 Å². The van der Waals surface area contributed by atoms with Crippen LogP contribution in [0.1, 0.15) is 0 Å². The molecule has 0 aromatic heterocycles. The molecule has 1 aromatic rings. The zero-order chi connectivity index (χ0) is 14.6. The highest BCUT2D eigenvalue weighted by Gasteiger charge is 2.26. The number of nitrogens with one attached hydrogen (secondary N) is 2. The molecule has 0 saturated heterocycles. The van der Waals surface area contributed by atoms with Crippen molar-refractivity contribution < 1.29 is 22.9 Å². The second-order valence-electron chi connectivity index (χ2n) is 3.09. The Labute approximate surface area is 112 Å². The van der Waals surface area contributed by atoms with E-state index in [1.165, 1.54) is 6.07 Å². The smallest absolute Gasteiger partial charge is 0.422 e. The number of hydrazine groups is 1. The number of rotatable bonds is 4. The molecule has 0 atom stereocenters. The minimum atomic E-state index is -4.32. The number of amides is 1. The van der Waals surface area contributed by atoms with Gasteiger partial charge in [0.25, 0.3) is 15.7 Å². The molecule has 0 aliphatic rings. The maximum Gasteiger partial charge on any atom is 0.422 e. The van der Waals surface area contributed by atoms with Crippen molar-refractivity contribution in [2.45, 2.75) is 4.90 Å². The van der Waals surface area contributed by atoms with Crippen molar-refractivity contribution in [1.82, 2.24) is 10.3 Å². The Hall–Kier alpha value is -1.91. The Morgan fingerprint density at radius 2 is 2.11 bits per heavy atom. The van der Waals surface area contributed by atoms with E-state index in [9.17, 15) is 23.3 Å². The molecular formula is C8H8ClN3O6S. The van der Waals surface area contributed by atoms with Gasteiger partial charge in [0.05, 0.1) is 12.0 Å². The van der Waals surface area contributed by atoms with Gasteiger partial charge in [-0.05, 0) is 12.1 Å². The Balaban J connectivity index is 3.14. The van der Waals surface area contributed by atoms with Gasteiger partial charge in [-0.3, -0.25) is 10.1 Å². The summed E-state index contributed by atoms with van der Waals surface area (Å²) in [6.45, 7) is 0. The molecule has 1 aromatic carbocycles. The first-order chi connectivity index (χ1) is 8.77. The van der Waals surface area contributed by atoms with Crippen LogP contribution in [0.4, 0.5) is 10.5 Å². The Morgan fingerprint density at radius 1 is 1.47 bits per heavy atom. The Kier molecular flexibility index (Phi) is 4.64. The van der Waals surface area contributed by atoms with Crippen molar-refractivity contribution >= 4 is 33.4 Å². The lowest BCUT2D eigenvalue weighted by atomic mass is 10.3. The molecule has 1 rings (SSSR count). The maximum absolute atomic E-state index is 11.8. The van der Waals surface area contributed by atoms with Gasteiger partial charge in [-0.15, -0.1) is 4.83 Å². The van der Waals surface area contributed by atoms with E-state index in [2.05, 4.69) is 4.74 Å². The zero-order valence-corrected chi connectivity index (χ0v) is 11.0. The van der Waals surface area contributed by atoms with Gasteiger partial charge in [-0.1, -0.05) is 11.6 Å². The van der Waals surface area contributed by atoms with E-state index in [4.69, 9.17) is 11.6 Å². The van der Waals surface area contributed by atoms with Crippen LogP contribution in [0.15, 0.2) is 23.1 Å². The predicted molar refractivity (Wildman–Crippen MR) is 64.0 cm³/mol. The van der Waals surface area contributed by atoms with Gasteiger partial charge < -0.3 is 4.74 Å². The number of methoxy groups -OCH3 is 1. The lowest BCUT2D eigenvalue weighted by Gasteiger charge is -2.07. The molecule has 0 aliphatic carbocycles. The third kappa shape index (κ3) is 3.77. The van der Waals surface area contributed by atoms with Gasteiger partial charge >= 0.3 is 6.09 Å². The van der Waals surface area contributed by atoms with Crippen LogP contribution in [0.2, 0.25) is 5.02 Å². The average molecular weight is 310 g/mol. The third-order valence-electron chi connectivity index (χ3n) is 1.88. The topological polar surface area (TPSA) is 128 Å². The van der Waals surface area contributed by atoms with Gasteiger partial charge in [-0.2, -0.15) is 0 Å². The van der Waals surface area contributed by atoms with Crippen LogP contribution in [0.5, 0.6) is 0 Å². The van der Waals surface area contributed by atoms with Gasteiger partial charge in [0.1, 0.15) is 0 Å². The van der Waals surface area contributed by atoms with Crippen LogP contribution >= 0.6 is 11.6 Å². The number of hydrogen-bond acceptors (Lipinski definition) is 6. The maximum atomic E-state index is 11.8. The summed E-state index contributed by atoms with van der Waals surface area (Å²) in [7, 11) is -3.30. The van der Waals surface area contributed by atoms with Crippen LogP contribution in [0.25, 0.3) is 0 Å². The molecule has 0 fully saturated rings. The van der Waals surface area contributed by atoms with Crippen LogP contribution < -0.4 is 10.3 Å². The first-order valence-corrected chi connectivity index (χ1v) is 6.43. The number of benzene rings is 1. The van der Waals surface area contributed by atoms with Crippen molar-refractivity contribution in [2.75, 3.05) is 7.11 Å². The molecule has 0 unspecified atom stereocenters. The second-order valence-corrected chi connectivity index (χ2v) is 5.18. The van der Waals surface area contributed by atoms with Gasteiger partial charge in [-0.25, -0.2) is 18.6 Å². The molecule has 11 heteroatoms. The summed E-state index contributed by atoms with van der Waals surface area (Å²) in [5.74, 6) is 0. The van der Waals surface area contributed by atoms with E-state index >= 15 is 0 Å². The van der Waals surface area contributed by atoms with Crippen LogP contribution in [0.3, 0.4) is 0 Å². The molecule has 0 saturated carbocycles. The number of ether oxygens (including phenoxy) is 1. The number of carbonyl (C=O) groups excluding carboxylic acids is 1. The monoisotopic (exact) mass is 309 g/mol. The highest BCUT2D eigenvalue weighted by atomic mass is 35.5. The standard InChI is InChI=1S/C8H8ClN3O6S/c1-18-8(13)10-11-19(16,17)7-3-2-5(9)4-6(7)12(14)15/h2-4,11H,1H3,(H,10,13). The second kappa shape index (κ2) is 5.82. The average Bonchev–Trinajstić information content (AvgIpc) is 2.35. The van der Waals surface area contributed by atoms with E-state index in [1.807, 2.05) is 0 Å². The first kappa shape index (κ1) is 15.1. The third-order valence-corrected chi connectivity index (χ3v) is 3.41. The molecular weight excluding hydrogens is 302 g/mol. The van der Waals surface area contributed by atoms with Gasteiger partial charge in [0.15, 0.2) is 4.90 Å². The summed E-state index contributed by atoms with van der Waals surface area (Å²) in [6.07, 6.45) is -1.07. The minimum Gasteiger partial charge on any atom is -0.452 e. The number of carbonyl (C=O) groups is 1. The van der Waals surface area contributed by atoms with Crippen molar-refractivity contribution in [2.24, 2.45) is 0 Å². The van der Waals surface area contributed by atoms with Gasteiger partial charge in [0.2, 0.25) is 0 Å². The van der Waals surface area contributed by atoms with E-state index in [1.54, 1.807) is 10.3 Å². The fourth-order valence-electron chi connectivity index (χ4n) is 1.08. The summed E-state index contributed by atoms with van der Waals surface area (Å²) in [6, 6.07) is 3.00. The van der Waals surface area contributed by atoms with E-state index in [0.717, 1.165) is 19.2 Å². The van der Waals surface area contributed by atoms with Gasteiger partial charge in [0, 0.05) is 11.1 Å². The van der Waals surface area contributed by atoms with Crippen LogP contribution in [-0.4, -0.2) is 26.5 Å². The fraction of sp³-hybridized carbons (Fsp3) is 0.125. The molecule has 0 radical (unpaired) electrons. The minimum absolute atomic E-state index is 0.00609. The Bertz CT molecular complexity index is 617. The molecule has 1 amide bonds. The number of nitrogens with zero attached hydrogens (tertiary/aromatic N) is 1. The highest BCUT2D eigenvalue weighted by molar-refractivity contribution is 7.89. The quantitative estimate of drug-likeness (QED) is 0.625. The summed E-state index contributed by atoms with van der Waals surface area (Å²) < 4.78 is 27.7. The number of nitro groups is 1. The molecule has 19 heavy (non-hydrogen) atoms. The molecule has 2 N–H and O–H groups in total. The summed E-state index contributed by atoms with van der Waals surface area (Å²) >= 11 is 5.55. The van der Waals surface area contributed by atoms with Crippen molar-refractivity contribution in [3.05, 3.63) is 33.3 Å². The molecule has 0 bridgehead atoms. The number of nitro benzene ring substituents is 1. The molecule has 0 spiro atoms. The highest BCUT2D eigenvalue weighted by Crippen LogP contribution is 2.26. The lowest BCUT2D eigenvalue weighted by molar-refractivity contribution is -0.387. The van der Waals surface area contributed by atoms with Crippen LogP contribution in [0, 0.1) is 10.1 Å². The normalized spacial score (nSPS) is 10.8.